The Bertz CT molecular complexity index is 1020. The van der Waals surface area contributed by atoms with Crippen LogP contribution in [-0.4, -0.2) is 45.7 Å². The number of nitrogens with zero attached hydrogens (tertiary/aromatic N) is 4. The third-order valence-electron chi connectivity index (χ3n) is 4.31. The number of ether oxygens (including phenoxy) is 1. The van der Waals surface area contributed by atoms with Crippen LogP contribution in [0.15, 0.2) is 29.8 Å². The fraction of sp³-hybridized carbons (Fsp3) is 0.400. The molecule has 2 N–H and O–H groups in total. The van der Waals surface area contributed by atoms with Gasteiger partial charge in [-0.2, -0.15) is 0 Å². The minimum Gasteiger partial charge on any atom is -0.497 e. The molecule has 0 saturated carbocycles. The number of carbonyl (C=O) groups excluding carboxylic acids is 1. The van der Waals surface area contributed by atoms with Crippen LogP contribution in [0.25, 0.3) is 16.7 Å². The largest absolute Gasteiger partial charge is 0.497 e. The maximum Gasteiger partial charge on any atom is 0.243 e. The maximum atomic E-state index is 11.6. The number of carbonyl (C=O) groups is 1. The van der Waals surface area contributed by atoms with E-state index in [1.807, 2.05) is 43.4 Å². The number of aryl methyl sites for hydroxylation is 1. The number of amides is 1. The highest BCUT2D eigenvalue weighted by atomic mass is 16.5. The first-order valence-corrected chi connectivity index (χ1v) is 9.35. The lowest BCUT2D eigenvalue weighted by Gasteiger charge is -2.10. The van der Waals surface area contributed by atoms with E-state index in [0.29, 0.717) is 18.0 Å². The summed E-state index contributed by atoms with van der Waals surface area (Å²) in [5.74, 6) is 2.20. The van der Waals surface area contributed by atoms with E-state index < -0.39 is 0 Å². The van der Waals surface area contributed by atoms with E-state index in [4.69, 9.17) is 9.72 Å². The highest BCUT2D eigenvalue weighted by molar-refractivity contribution is 5.88. The Morgan fingerprint density at radius 3 is 2.75 bits per heavy atom. The molecule has 8 nitrogen and oxygen atoms in total. The fourth-order valence-electron chi connectivity index (χ4n) is 2.98. The van der Waals surface area contributed by atoms with Gasteiger partial charge in [0, 0.05) is 25.2 Å². The lowest BCUT2D eigenvalue weighted by atomic mass is 10.2. The van der Waals surface area contributed by atoms with E-state index >= 15 is 0 Å². The molecule has 0 radical (unpaired) electrons. The predicted octanol–water partition coefficient (Wildman–Crippen LogP) is 2.87. The second-order valence-corrected chi connectivity index (χ2v) is 6.87. The van der Waals surface area contributed by atoms with Crippen LogP contribution >= 0.6 is 0 Å². The molecular formula is C20H26N6O2. The summed E-state index contributed by atoms with van der Waals surface area (Å²) in [4.78, 5) is 16.3. The number of nitrogens with one attached hydrogen (secondary N) is 2. The summed E-state index contributed by atoms with van der Waals surface area (Å²) in [6, 6.07) is 5.77. The van der Waals surface area contributed by atoms with Crippen LogP contribution in [-0.2, 0) is 4.79 Å². The van der Waals surface area contributed by atoms with Gasteiger partial charge in [0.15, 0.2) is 5.82 Å². The zero-order valence-corrected chi connectivity index (χ0v) is 16.7. The smallest absolute Gasteiger partial charge is 0.243 e. The second-order valence-electron chi connectivity index (χ2n) is 6.87. The monoisotopic (exact) mass is 382 g/mol. The molecule has 0 saturated heterocycles. The molecule has 0 atom stereocenters. The Kier molecular flexibility index (Phi) is 6.08. The quantitative estimate of drug-likeness (QED) is 0.460. The third kappa shape index (κ3) is 4.39. The first kappa shape index (κ1) is 19.6. The molecule has 0 aliphatic carbocycles. The number of methoxy groups -OCH3 is 1. The molecule has 0 bridgehead atoms. The van der Waals surface area contributed by atoms with Crippen molar-refractivity contribution in [3.63, 3.8) is 0 Å². The molecule has 2 aromatic heterocycles. The normalized spacial score (nSPS) is 10.9. The van der Waals surface area contributed by atoms with Crippen molar-refractivity contribution in [2.75, 3.05) is 25.5 Å². The number of unbranched alkanes of at least 4 members (excludes halogenated alkanes) is 1. The van der Waals surface area contributed by atoms with Crippen LogP contribution in [0.5, 0.6) is 5.75 Å². The van der Waals surface area contributed by atoms with Gasteiger partial charge in [-0.15, -0.1) is 10.2 Å². The van der Waals surface area contributed by atoms with Crippen molar-refractivity contribution in [3.05, 3.63) is 35.7 Å². The van der Waals surface area contributed by atoms with Crippen molar-refractivity contribution in [2.45, 2.75) is 33.6 Å². The molecule has 28 heavy (non-hydrogen) atoms. The van der Waals surface area contributed by atoms with Crippen molar-refractivity contribution in [1.29, 1.82) is 0 Å². The van der Waals surface area contributed by atoms with Crippen LogP contribution in [0.4, 0.5) is 5.82 Å². The van der Waals surface area contributed by atoms with Gasteiger partial charge in [-0.1, -0.05) is 5.57 Å². The Hall–Kier alpha value is -3.16. The Morgan fingerprint density at radius 2 is 2.00 bits per heavy atom. The van der Waals surface area contributed by atoms with Gasteiger partial charge in [-0.05, 0) is 45.7 Å². The molecule has 8 heteroatoms. The van der Waals surface area contributed by atoms with Crippen LogP contribution in [0, 0.1) is 6.92 Å². The zero-order valence-electron chi connectivity index (χ0n) is 16.7. The van der Waals surface area contributed by atoms with E-state index in [1.54, 1.807) is 13.2 Å². The van der Waals surface area contributed by atoms with Crippen molar-refractivity contribution in [1.82, 2.24) is 24.9 Å². The summed E-state index contributed by atoms with van der Waals surface area (Å²) in [5.41, 5.74) is 3.44. The second kappa shape index (κ2) is 8.69. The van der Waals surface area contributed by atoms with Crippen molar-refractivity contribution < 1.29 is 9.53 Å². The third-order valence-corrected chi connectivity index (χ3v) is 4.31. The summed E-state index contributed by atoms with van der Waals surface area (Å²) >= 11 is 0. The summed E-state index contributed by atoms with van der Waals surface area (Å²) in [6.45, 7) is 7.10. The van der Waals surface area contributed by atoms with Crippen molar-refractivity contribution >= 4 is 28.4 Å². The van der Waals surface area contributed by atoms with Gasteiger partial charge in [-0.3, -0.25) is 9.20 Å². The summed E-state index contributed by atoms with van der Waals surface area (Å²) in [7, 11) is 1.64. The fourth-order valence-corrected chi connectivity index (χ4v) is 2.98. The van der Waals surface area contributed by atoms with Crippen molar-refractivity contribution in [3.8, 4) is 5.75 Å². The first-order valence-electron chi connectivity index (χ1n) is 9.35. The number of allylic oxidation sites excluding steroid dienone is 1. The number of aromatic nitrogens is 4. The first-order chi connectivity index (χ1) is 13.5. The molecule has 0 aliphatic heterocycles. The number of fused-ring (bicyclic) bond motifs is 3. The number of hydrogen-bond donors (Lipinski definition) is 2. The standard InChI is InChI=1S/C20H26N6O2/c1-13(2)11-18(27)21-9-5-6-10-22-19-20-25-24-14(3)26(20)17-8-7-15(28-4)12-16(17)23-19/h7-8,11-12H,5-6,9-10H2,1-4H3,(H,21,27)(H,22,23). The van der Waals surface area contributed by atoms with E-state index in [2.05, 4.69) is 20.8 Å². The molecule has 148 valence electrons. The van der Waals surface area contributed by atoms with Gasteiger partial charge in [0.25, 0.3) is 0 Å². The summed E-state index contributed by atoms with van der Waals surface area (Å²) < 4.78 is 7.30. The molecule has 3 aromatic rings. The molecule has 0 unspecified atom stereocenters. The minimum absolute atomic E-state index is 0.0428. The van der Waals surface area contributed by atoms with Crippen LogP contribution in [0.3, 0.4) is 0 Å². The van der Waals surface area contributed by atoms with Crippen LogP contribution < -0.4 is 15.4 Å². The van der Waals surface area contributed by atoms with Crippen LogP contribution in [0.2, 0.25) is 0 Å². The average Bonchev–Trinajstić information content (AvgIpc) is 3.05. The van der Waals surface area contributed by atoms with Gasteiger partial charge < -0.3 is 15.4 Å². The molecule has 3 rings (SSSR count). The topological polar surface area (TPSA) is 93.4 Å². The highest BCUT2D eigenvalue weighted by Crippen LogP contribution is 2.24. The SMILES string of the molecule is COc1ccc2c(c1)nc(NCCCCNC(=O)C=C(C)C)c1nnc(C)n12. The van der Waals surface area contributed by atoms with Gasteiger partial charge in [0.1, 0.15) is 11.6 Å². The predicted molar refractivity (Wildman–Crippen MR) is 110 cm³/mol. The van der Waals surface area contributed by atoms with Crippen molar-refractivity contribution in [2.24, 2.45) is 0 Å². The molecule has 1 amide bonds. The molecular weight excluding hydrogens is 356 g/mol. The van der Waals surface area contributed by atoms with E-state index in [1.165, 1.54) is 0 Å². The molecule has 0 spiro atoms. The summed E-state index contributed by atoms with van der Waals surface area (Å²) in [6.07, 6.45) is 3.38. The number of hydrogen-bond acceptors (Lipinski definition) is 6. The van der Waals surface area contributed by atoms with Crippen LogP contribution in [0.1, 0.15) is 32.5 Å². The van der Waals surface area contributed by atoms with Gasteiger partial charge in [-0.25, -0.2) is 4.98 Å². The number of benzene rings is 1. The minimum atomic E-state index is -0.0428. The Balaban J connectivity index is 1.67. The Labute approximate surface area is 164 Å². The molecule has 0 aliphatic rings. The zero-order chi connectivity index (χ0) is 20.1. The van der Waals surface area contributed by atoms with E-state index in [0.717, 1.165) is 47.6 Å². The van der Waals surface area contributed by atoms with Gasteiger partial charge in [0.2, 0.25) is 11.6 Å². The molecule has 0 fully saturated rings. The maximum absolute atomic E-state index is 11.6. The summed E-state index contributed by atoms with van der Waals surface area (Å²) in [5, 5.41) is 14.7. The number of rotatable bonds is 8. The van der Waals surface area contributed by atoms with Gasteiger partial charge in [0.05, 0.1) is 18.1 Å². The van der Waals surface area contributed by atoms with E-state index in [-0.39, 0.29) is 5.91 Å². The average molecular weight is 382 g/mol. The van der Waals surface area contributed by atoms with Gasteiger partial charge >= 0.3 is 0 Å². The lowest BCUT2D eigenvalue weighted by molar-refractivity contribution is -0.116. The molecule has 2 heterocycles. The van der Waals surface area contributed by atoms with E-state index in [9.17, 15) is 4.79 Å². The number of anilines is 1. The Morgan fingerprint density at radius 1 is 1.21 bits per heavy atom. The molecule has 1 aromatic carbocycles. The lowest BCUT2D eigenvalue weighted by Crippen LogP contribution is -2.22. The highest BCUT2D eigenvalue weighted by Gasteiger charge is 2.13.